The molecule has 128 valence electrons. The van der Waals surface area contributed by atoms with Crippen molar-refractivity contribution in [1.29, 1.82) is 0 Å². The first-order chi connectivity index (χ1) is 11.8. The summed E-state index contributed by atoms with van der Waals surface area (Å²) in [7, 11) is 0. The number of fused-ring (bicyclic) bond motifs is 1. The van der Waals surface area contributed by atoms with Crippen molar-refractivity contribution in [3.05, 3.63) is 43.7 Å². The first-order valence-corrected chi connectivity index (χ1v) is 8.06. The van der Waals surface area contributed by atoms with Gasteiger partial charge in [-0.05, 0) is 25.0 Å². The molecule has 0 atom stereocenters. The van der Waals surface area contributed by atoms with E-state index in [0.717, 1.165) is 11.1 Å². The molecule has 0 radical (unpaired) electrons. The number of hydrogen-bond donors (Lipinski definition) is 1. The molecule has 0 saturated carbocycles. The average Bonchev–Trinajstić information content (AvgIpc) is 2.81. The topological polar surface area (TPSA) is 91.6 Å². The minimum absolute atomic E-state index is 0.0317. The molecule has 0 fully saturated rings. The highest BCUT2D eigenvalue weighted by Crippen LogP contribution is 2.24. The lowest BCUT2D eigenvalue weighted by Gasteiger charge is -2.09. The number of rotatable bonds is 3. The molecule has 3 aromatic rings. The highest BCUT2D eigenvalue weighted by atomic mass is 35.5. The number of terminal acetylenes is 1. The number of nitrogens with zero attached hydrogens (tertiary/aromatic N) is 5. The van der Waals surface area contributed by atoms with E-state index in [4.69, 9.17) is 35.4 Å². The summed E-state index contributed by atoms with van der Waals surface area (Å²) in [6.45, 7) is 3.91. The van der Waals surface area contributed by atoms with E-state index in [2.05, 4.69) is 20.9 Å². The van der Waals surface area contributed by atoms with Crippen molar-refractivity contribution in [3.63, 3.8) is 0 Å². The number of hydrogen-bond acceptors (Lipinski definition) is 5. The fourth-order valence-electron chi connectivity index (χ4n) is 2.62. The molecule has 3 rings (SSSR count). The summed E-state index contributed by atoms with van der Waals surface area (Å²) in [4.78, 5) is 25.3. The maximum atomic E-state index is 12.8. The summed E-state index contributed by atoms with van der Waals surface area (Å²) in [5.74, 6) is 2.40. The summed E-state index contributed by atoms with van der Waals surface area (Å²) in [5, 5.41) is 0.679. The molecule has 0 aliphatic carbocycles. The Morgan fingerprint density at radius 1 is 1.28 bits per heavy atom. The number of anilines is 1. The third-order valence-corrected chi connectivity index (χ3v) is 4.75. The van der Waals surface area contributed by atoms with Gasteiger partial charge >= 0.3 is 5.69 Å². The molecule has 0 bridgehead atoms. The molecule has 9 heteroatoms. The van der Waals surface area contributed by atoms with Crippen molar-refractivity contribution in [1.82, 2.24) is 24.1 Å². The van der Waals surface area contributed by atoms with E-state index in [9.17, 15) is 4.79 Å². The monoisotopic (exact) mass is 376 g/mol. The van der Waals surface area contributed by atoms with Crippen LogP contribution in [0.3, 0.4) is 0 Å². The zero-order valence-electron chi connectivity index (χ0n) is 13.5. The molecule has 2 N–H and O–H groups in total. The molecule has 3 aromatic heterocycles. The van der Waals surface area contributed by atoms with Crippen LogP contribution in [-0.2, 0) is 13.1 Å². The Labute approximate surface area is 153 Å². The molecule has 7 nitrogen and oxygen atoms in total. The van der Waals surface area contributed by atoms with Gasteiger partial charge < -0.3 is 5.73 Å². The smallest absolute Gasteiger partial charge is 0.331 e. The van der Waals surface area contributed by atoms with E-state index < -0.39 is 0 Å². The van der Waals surface area contributed by atoms with E-state index in [1.807, 2.05) is 13.8 Å². The normalized spacial score (nSPS) is 11.0. The second kappa shape index (κ2) is 6.39. The number of aryl methyl sites for hydroxylation is 1. The third-order valence-electron chi connectivity index (χ3n) is 3.91. The van der Waals surface area contributed by atoms with Crippen molar-refractivity contribution >= 4 is 40.3 Å². The Kier molecular flexibility index (Phi) is 4.41. The van der Waals surface area contributed by atoms with Crippen molar-refractivity contribution in [2.24, 2.45) is 0 Å². The van der Waals surface area contributed by atoms with E-state index in [0.29, 0.717) is 21.9 Å². The quantitative estimate of drug-likeness (QED) is 0.558. The first kappa shape index (κ1) is 17.3. The van der Waals surface area contributed by atoms with E-state index in [-0.39, 0.29) is 29.9 Å². The molecule has 0 saturated heterocycles. The number of pyridine rings is 1. The lowest BCUT2D eigenvalue weighted by Crippen LogP contribution is -2.25. The highest BCUT2D eigenvalue weighted by Gasteiger charge is 2.20. The zero-order chi connectivity index (χ0) is 18.3. The SMILES string of the molecule is C#CCn1c(=O)n(Cc2ncc(C)c(Cl)c2C)c2nc(N)nc(Cl)c21. The molecule has 0 spiro atoms. The Balaban J connectivity index is 2.27. The maximum absolute atomic E-state index is 12.8. The molecule has 3 heterocycles. The molecule has 0 aliphatic heterocycles. The first-order valence-electron chi connectivity index (χ1n) is 7.31. The molecule has 0 amide bonds. The van der Waals surface area contributed by atoms with Crippen molar-refractivity contribution in [2.75, 3.05) is 5.73 Å². The number of halogens is 2. The second-order valence-electron chi connectivity index (χ2n) is 5.53. The van der Waals surface area contributed by atoms with Gasteiger partial charge in [-0.25, -0.2) is 4.79 Å². The van der Waals surface area contributed by atoms with Gasteiger partial charge in [0.1, 0.15) is 5.52 Å². The molecule has 0 aromatic carbocycles. The molecule has 25 heavy (non-hydrogen) atoms. The largest absolute Gasteiger partial charge is 0.368 e. The van der Waals surface area contributed by atoms with Crippen molar-refractivity contribution in [3.8, 4) is 12.3 Å². The van der Waals surface area contributed by atoms with Crippen LogP contribution in [0.5, 0.6) is 0 Å². The van der Waals surface area contributed by atoms with Crippen LogP contribution in [-0.4, -0.2) is 24.1 Å². The fourth-order valence-corrected chi connectivity index (χ4v) is 3.06. The zero-order valence-corrected chi connectivity index (χ0v) is 15.1. The predicted molar refractivity (Wildman–Crippen MR) is 97.9 cm³/mol. The van der Waals surface area contributed by atoms with E-state index in [1.54, 1.807) is 6.20 Å². The fraction of sp³-hybridized carbons (Fsp3) is 0.250. The molecular formula is C16H14Cl2N6O. The number of imidazole rings is 1. The van der Waals surface area contributed by atoms with E-state index in [1.165, 1.54) is 9.13 Å². The van der Waals surface area contributed by atoms with Crippen LogP contribution in [0.2, 0.25) is 10.2 Å². The van der Waals surface area contributed by atoms with Gasteiger partial charge in [0, 0.05) is 11.2 Å². The van der Waals surface area contributed by atoms with Crippen LogP contribution in [0, 0.1) is 26.2 Å². The van der Waals surface area contributed by atoms with Crippen LogP contribution in [0.4, 0.5) is 5.95 Å². The van der Waals surface area contributed by atoms with Crippen LogP contribution < -0.4 is 11.4 Å². The Bertz CT molecular complexity index is 1090. The Morgan fingerprint density at radius 2 is 2.00 bits per heavy atom. The van der Waals surface area contributed by atoms with Gasteiger partial charge in [-0.15, -0.1) is 6.42 Å². The summed E-state index contributed by atoms with van der Waals surface area (Å²) in [5.41, 5.74) is 8.26. The van der Waals surface area contributed by atoms with Gasteiger partial charge in [0.25, 0.3) is 0 Å². The van der Waals surface area contributed by atoms with Gasteiger partial charge in [-0.3, -0.25) is 14.1 Å². The summed E-state index contributed by atoms with van der Waals surface area (Å²) >= 11 is 12.4. The highest BCUT2D eigenvalue weighted by molar-refractivity contribution is 6.33. The van der Waals surface area contributed by atoms with Crippen LogP contribution in [0.15, 0.2) is 11.0 Å². The Morgan fingerprint density at radius 3 is 2.68 bits per heavy atom. The lowest BCUT2D eigenvalue weighted by atomic mass is 10.1. The van der Waals surface area contributed by atoms with Crippen LogP contribution >= 0.6 is 23.2 Å². The lowest BCUT2D eigenvalue weighted by molar-refractivity contribution is 0.698. The average molecular weight is 377 g/mol. The molecule has 0 aliphatic rings. The standard InChI is InChI=1S/C16H14Cl2N6O/c1-4-5-23-12-13(18)21-15(19)22-14(12)24(16(23)25)7-10-9(3)11(17)8(2)6-20-10/h1,6H,5,7H2,2-3H3,(H2,19,21,22). The predicted octanol–water partition coefficient (Wildman–Crippen LogP) is 2.18. The summed E-state index contributed by atoms with van der Waals surface area (Å²) < 4.78 is 2.75. The van der Waals surface area contributed by atoms with Gasteiger partial charge in [-0.1, -0.05) is 29.1 Å². The summed E-state index contributed by atoms with van der Waals surface area (Å²) in [6.07, 6.45) is 7.02. The minimum atomic E-state index is -0.368. The van der Waals surface area contributed by atoms with E-state index >= 15 is 0 Å². The third kappa shape index (κ3) is 2.84. The van der Waals surface area contributed by atoms with Gasteiger partial charge in [0.15, 0.2) is 10.8 Å². The van der Waals surface area contributed by atoms with Gasteiger partial charge in [0.05, 0.1) is 18.8 Å². The number of nitrogen functional groups attached to an aromatic ring is 1. The van der Waals surface area contributed by atoms with Crippen LogP contribution in [0.25, 0.3) is 11.2 Å². The Hall–Kier alpha value is -2.56. The summed E-state index contributed by atoms with van der Waals surface area (Å²) in [6, 6.07) is 0. The second-order valence-corrected chi connectivity index (χ2v) is 6.27. The minimum Gasteiger partial charge on any atom is -0.368 e. The number of nitrogens with two attached hydrogens (primary N) is 1. The molecular weight excluding hydrogens is 363 g/mol. The van der Waals surface area contributed by atoms with Gasteiger partial charge in [0.2, 0.25) is 5.95 Å². The maximum Gasteiger partial charge on any atom is 0.331 e. The van der Waals surface area contributed by atoms with Crippen LogP contribution in [0.1, 0.15) is 16.8 Å². The number of aromatic nitrogens is 5. The van der Waals surface area contributed by atoms with Crippen molar-refractivity contribution < 1.29 is 0 Å². The van der Waals surface area contributed by atoms with Gasteiger partial charge in [-0.2, -0.15) is 9.97 Å². The van der Waals surface area contributed by atoms with Crippen molar-refractivity contribution in [2.45, 2.75) is 26.9 Å². The molecule has 0 unspecified atom stereocenters.